The molecule has 1 aliphatic rings. The smallest absolute Gasteiger partial charge is 0.137 e. The summed E-state index contributed by atoms with van der Waals surface area (Å²) in [4.78, 5) is 10.9. The van der Waals surface area contributed by atoms with E-state index in [2.05, 4.69) is 28.0 Å². The lowest BCUT2D eigenvalue weighted by Gasteiger charge is -2.24. The van der Waals surface area contributed by atoms with Gasteiger partial charge in [-0.3, -0.25) is 0 Å². The molecule has 2 rings (SSSR count). The maximum atomic E-state index is 5.95. The van der Waals surface area contributed by atoms with Crippen molar-refractivity contribution < 1.29 is 0 Å². The summed E-state index contributed by atoms with van der Waals surface area (Å²) in [5.41, 5.74) is 7.05. The first-order valence-electron chi connectivity index (χ1n) is 6.63. The van der Waals surface area contributed by atoms with Crippen LogP contribution in [-0.4, -0.2) is 34.6 Å². The molecule has 18 heavy (non-hydrogen) atoms. The SMILES string of the molecule is CCc1c(N)ncnc1N1CCCC(SC)CC1. The highest BCUT2D eigenvalue weighted by molar-refractivity contribution is 7.99. The van der Waals surface area contributed by atoms with Crippen LogP contribution in [0.2, 0.25) is 0 Å². The third-order valence-corrected chi connectivity index (χ3v) is 4.76. The quantitative estimate of drug-likeness (QED) is 0.910. The van der Waals surface area contributed by atoms with E-state index in [0.717, 1.165) is 36.1 Å². The molecule has 1 aliphatic heterocycles. The molecule has 0 radical (unpaired) electrons. The van der Waals surface area contributed by atoms with Crippen molar-refractivity contribution in [3.63, 3.8) is 0 Å². The molecule has 2 heterocycles. The van der Waals surface area contributed by atoms with Crippen LogP contribution in [0.4, 0.5) is 11.6 Å². The van der Waals surface area contributed by atoms with Gasteiger partial charge in [0, 0.05) is 23.9 Å². The van der Waals surface area contributed by atoms with Gasteiger partial charge in [0.15, 0.2) is 0 Å². The largest absolute Gasteiger partial charge is 0.383 e. The van der Waals surface area contributed by atoms with Crippen molar-refractivity contribution in [3.8, 4) is 0 Å². The highest BCUT2D eigenvalue weighted by Crippen LogP contribution is 2.27. The van der Waals surface area contributed by atoms with E-state index in [1.165, 1.54) is 19.3 Å². The molecule has 5 heteroatoms. The second-order valence-electron chi connectivity index (χ2n) is 4.69. The maximum absolute atomic E-state index is 5.95. The van der Waals surface area contributed by atoms with Crippen molar-refractivity contribution in [3.05, 3.63) is 11.9 Å². The molecule has 0 aliphatic carbocycles. The average molecular weight is 266 g/mol. The monoisotopic (exact) mass is 266 g/mol. The number of aromatic nitrogens is 2. The zero-order valence-corrected chi connectivity index (χ0v) is 12.0. The first-order valence-corrected chi connectivity index (χ1v) is 7.92. The summed E-state index contributed by atoms with van der Waals surface area (Å²) >= 11 is 1.99. The van der Waals surface area contributed by atoms with E-state index >= 15 is 0 Å². The second-order valence-corrected chi connectivity index (χ2v) is 5.83. The van der Waals surface area contributed by atoms with Gasteiger partial charge in [0.05, 0.1) is 0 Å². The Morgan fingerprint density at radius 1 is 1.39 bits per heavy atom. The van der Waals surface area contributed by atoms with Crippen molar-refractivity contribution in [2.75, 3.05) is 30.0 Å². The van der Waals surface area contributed by atoms with Gasteiger partial charge in [0.1, 0.15) is 18.0 Å². The molecule has 1 fully saturated rings. The number of hydrogen-bond donors (Lipinski definition) is 1. The summed E-state index contributed by atoms with van der Waals surface area (Å²) < 4.78 is 0. The highest BCUT2D eigenvalue weighted by atomic mass is 32.2. The number of rotatable bonds is 3. The van der Waals surface area contributed by atoms with Gasteiger partial charge in [0.25, 0.3) is 0 Å². The summed E-state index contributed by atoms with van der Waals surface area (Å²) in [5, 5.41) is 0.791. The fourth-order valence-electron chi connectivity index (χ4n) is 2.54. The number of nitrogens with zero attached hydrogens (tertiary/aromatic N) is 3. The van der Waals surface area contributed by atoms with E-state index in [-0.39, 0.29) is 0 Å². The summed E-state index contributed by atoms with van der Waals surface area (Å²) in [6.45, 7) is 4.27. The van der Waals surface area contributed by atoms with Gasteiger partial charge >= 0.3 is 0 Å². The van der Waals surface area contributed by atoms with Crippen LogP contribution in [-0.2, 0) is 6.42 Å². The Morgan fingerprint density at radius 2 is 2.22 bits per heavy atom. The third kappa shape index (κ3) is 2.88. The van der Waals surface area contributed by atoms with Crippen molar-refractivity contribution in [2.45, 2.75) is 37.9 Å². The van der Waals surface area contributed by atoms with E-state index in [1.807, 2.05) is 11.8 Å². The lowest BCUT2D eigenvalue weighted by Crippen LogP contribution is -2.27. The molecule has 1 saturated heterocycles. The van der Waals surface area contributed by atoms with Crippen LogP contribution in [0.1, 0.15) is 31.7 Å². The fraction of sp³-hybridized carbons (Fsp3) is 0.692. The second kappa shape index (κ2) is 6.27. The lowest BCUT2D eigenvalue weighted by atomic mass is 10.2. The Bertz CT molecular complexity index is 397. The number of anilines is 2. The Balaban J connectivity index is 2.18. The Morgan fingerprint density at radius 3 is 2.94 bits per heavy atom. The predicted molar refractivity (Wildman–Crippen MR) is 79.2 cm³/mol. The van der Waals surface area contributed by atoms with Crippen LogP contribution in [0, 0.1) is 0 Å². The van der Waals surface area contributed by atoms with Gasteiger partial charge in [-0.1, -0.05) is 6.92 Å². The number of thioether (sulfide) groups is 1. The summed E-state index contributed by atoms with van der Waals surface area (Å²) in [5.74, 6) is 1.68. The van der Waals surface area contributed by atoms with Crippen molar-refractivity contribution >= 4 is 23.4 Å². The van der Waals surface area contributed by atoms with Crippen LogP contribution < -0.4 is 10.6 Å². The fourth-order valence-corrected chi connectivity index (χ4v) is 3.28. The number of nitrogens with two attached hydrogens (primary N) is 1. The van der Waals surface area contributed by atoms with Crippen LogP contribution >= 0.6 is 11.8 Å². The van der Waals surface area contributed by atoms with E-state index in [0.29, 0.717) is 5.82 Å². The zero-order valence-electron chi connectivity index (χ0n) is 11.2. The van der Waals surface area contributed by atoms with Gasteiger partial charge in [-0.2, -0.15) is 11.8 Å². The molecule has 0 spiro atoms. The molecule has 1 unspecified atom stereocenters. The normalized spacial score (nSPS) is 20.8. The van der Waals surface area contributed by atoms with Crippen molar-refractivity contribution in [1.29, 1.82) is 0 Å². The minimum absolute atomic E-state index is 0.633. The Hall–Kier alpha value is -0.970. The Kier molecular flexibility index (Phi) is 4.69. The molecule has 0 bridgehead atoms. The molecule has 2 N–H and O–H groups in total. The van der Waals surface area contributed by atoms with Gasteiger partial charge in [-0.05, 0) is 31.9 Å². The van der Waals surface area contributed by atoms with Gasteiger partial charge in [-0.15, -0.1) is 0 Å². The molecule has 0 aromatic carbocycles. The molecule has 0 amide bonds. The molecule has 4 nitrogen and oxygen atoms in total. The van der Waals surface area contributed by atoms with Crippen LogP contribution in [0.5, 0.6) is 0 Å². The molecule has 1 atom stereocenters. The first kappa shape index (κ1) is 13.5. The minimum Gasteiger partial charge on any atom is -0.383 e. The van der Waals surface area contributed by atoms with Gasteiger partial charge in [0.2, 0.25) is 0 Å². The zero-order chi connectivity index (χ0) is 13.0. The van der Waals surface area contributed by atoms with E-state index in [9.17, 15) is 0 Å². The molecular formula is C13H22N4S. The number of hydrogen-bond acceptors (Lipinski definition) is 5. The van der Waals surface area contributed by atoms with Gasteiger partial charge < -0.3 is 10.6 Å². The van der Waals surface area contributed by atoms with Crippen LogP contribution in [0.3, 0.4) is 0 Å². The number of nitrogen functional groups attached to an aromatic ring is 1. The molecule has 1 aromatic rings. The van der Waals surface area contributed by atoms with E-state index in [1.54, 1.807) is 6.33 Å². The van der Waals surface area contributed by atoms with Crippen LogP contribution in [0.15, 0.2) is 6.33 Å². The minimum atomic E-state index is 0.633. The van der Waals surface area contributed by atoms with Crippen LogP contribution in [0.25, 0.3) is 0 Å². The highest BCUT2D eigenvalue weighted by Gasteiger charge is 2.20. The third-order valence-electron chi connectivity index (χ3n) is 3.62. The van der Waals surface area contributed by atoms with Crippen molar-refractivity contribution in [2.24, 2.45) is 0 Å². The molecule has 0 saturated carbocycles. The molecule has 1 aromatic heterocycles. The first-order chi connectivity index (χ1) is 8.76. The molecule has 100 valence electrons. The van der Waals surface area contributed by atoms with E-state index in [4.69, 9.17) is 5.73 Å². The summed E-state index contributed by atoms with van der Waals surface area (Å²) in [6.07, 6.45) is 8.46. The van der Waals surface area contributed by atoms with E-state index < -0.39 is 0 Å². The summed E-state index contributed by atoms with van der Waals surface area (Å²) in [6, 6.07) is 0. The average Bonchev–Trinajstić information content (AvgIpc) is 2.63. The topological polar surface area (TPSA) is 55.0 Å². The standard InChI is InChI=1S/C13H22N4S/c1-3-11-12(14)15-9-16-13(11)17-7-4-5-10(18-2)6-8-17/h9-10H,3-8H2,1-2H3,(H2,14,15,16). The predicted octanol–water partition coefficient (Wildman–Crippen LogP) is 2.34. The lowest BCUT2D eigenvalue weighted by molar-refractivity contribution is 0.745. The maximum Gasteiger partial charge on any atom is 0.137 e. The summed E-state index contributed by atoms with van der Waals surface area (Å²) in [7, 11) is 0. The Labute approximate surface area is 113 Å². The van der Waals surface area contributed by atoms with Crippen molar-refractivity contribution in [1.82, 2.24) is 9.97 Å². The molecular weight excluding hydrogens is 244 g/mol. The van der Waals surface area contributed by atoms with Gasteiger partial charge in [-0.25, -0.2) is 9.97 Å².